The summed E-state index contributed by atoms with van der Waals surface area (Å²) in [6, 6.07) is 11.1. The number of aryl methyl sites for hydroxylation is 1. The van der Waals surface area contributed by atoms with E-state index >= 15 is 0 Å². The molecule has 0 aromatic heterocycles. The molecule has 1 heterocycles. The van der Waals surface area contributed by atoms with E-state index in [1.165, 1.54) is 13.2 Å². The van der Waals surface area contributed by atoms with E-state index in [0.29, 0.717) is 31.6 Å². The SMILES string of the molecule is CN=C(NCc1ccc(OC)c(F)c1)NCc1ccc(C)cc1OCC1CCOC1.I. The molecule has 1 unspecified atom stereocenters. The quantitative estimate of drug-likeness (QED) is 0.299. The van der Waals surface area contributed by atoms with Gasteiger partial charge in [-0.3, -0.25) is 4.99 Å². The van der Waals surface area contributed by atoms with Gasteiger partial charge in [0.1, 0.15) is 5.75 Å². The third kappa shape index (κ3) is 7.53. The second-order valence-corrected chi connectivity index (χ2v) is 7.40. The van der Waals surface area contributed by atoms with Crippen molar-refractivity contribution in [1.82, 2.24) is 10.6 Å². The van der Waals surface area contributed by atoms with E-state index in [1.54, 1.807) is 13.1 Å². The monoisotopic (exact) mass is 543 g/mol. The van der Waals surface area contributed by atoms with Gasteiger partial charge in [-0.25, -0.2) is 4.39 Å². The Kier molecular flexibility index (Phi) is 10.3. The van der Waals surface area contributed by atoms with E-state index in [9.17, 15) is 4.39 Å². The van der Waals surface area contributed by atoms with Crippen LogP contribution in [-0.2, 0) is 17.8 Å². The van der Waals surface area contributed by atoms with E-state index in [2.05, 4.69) is 40.7 Å². The van der Waals surface area contributed by atoms with Crippen molar-refractivity contribution in [2.75, 3.05) is 34.0 Å². The zero-order valence-corrected chi connectivity index (χ0v) is 20.6. The summed E-state index contributed by atoms with van der Waals surface area (Å²) in [5.41, 5.74) is 3.01. The van der Waals surface area contributed by atoms with Crippen molar-refractivity contribution in [1.29, 1.82) is 0 Å². The minimum absolute atomic E-state index is 0. The summed E-state index contributed by atoms with van der Waals surface area (Å²) in [5, 5.41) is 6.50. The number of aliphatic imine (C=N–C) groups is 1. The molecule has 0 radical (unpaired) electrons. The van der Waals surface area contributed by atoms with Gasteiger partial charge >= 0.3 is 0 Å². The van der Waals surface area contributed by atoms with Gasteiger partial charge in [0, 0.05) is 38.2 Å². The van der Waals surface area contributed by atoms with Crippen molar-refractivity contribution >= 4 is 29.9 Å². The smallest absolute Gasteiger partial charge is 0.191 e. The minimum Gasteiger partial charge on any atom is -0.494 e. The molecule has 0 bridgehead atoms. The normalized spacial score (nSPS) is 15.9. The molecule has 2 aromatic carbocycles. The molecular weight excluding hydrogens is 512 g/mol. The predicted molar refractivity (Wildman–Crippen MR) is 131 cm³/mol. The summed E-state index contributed by atoms with van der Waals surface area (Å²) < 4.78 is 30.4. The highest BCUT2D eigenvalue weighted by Crippen LogP contribution is 2.23. The number of halogens is 2. The van der Waals surface area contributed by atoms with Gasteiger partial charge in [0.05, 0.1) is 20.3 Å². The molecule has 0 saturated carbocycles. The van der Waals surface area contributed by atoms with Gasteiger partial charge in [-0.15, -0.1) is 24.0 Å². The maximum atomic E-state index is 13.9. The van der Waals surface area contributed by atoms with Crippen LogP contribution in [-0.4, -0.2) is 39.9 Å². The minimum atomic E-state index is -0.381. The standard InChI is InChI=1S/C23H30FN3O3.HI/c1-16-4-6-19(22(10-16)30-15-18-8-9-29-14-18)13-27-23(25-2)26-12-17-5-7-21(28-3)20(24)11-17;/h4-7,10-11,18H,8-9,12-15H2,1-3H3,(H2,25,26,27);1H. The third-order valence-corrected chi connectivity index (χ3v) is 5.07. The van der Waals surface area contributed by atoms with Crippen LogP contribution in [0.1, 0.15) is 23.1 Å². The van der Waals surface area contributed by atoms with Crippen molar-refractivity contribution in [3.05, 3.63) is 58.9 Å². The maximum Gasteiger partial charge on any atom is 0.191 e. The molecule has 6 nitrogen and oxygen atoms in total. The molecular formula is C23H31FIN3O3. The first-order chi connectivity index (χ1) is 14.6. The fourth-order valence-corrected chi connectivity index (χ4v) is 3.27. The number of benzene rings is 2. The molecule has 1 aliphatic heterocycles. The first kappa shape index (κ1) is 25.2. The Labute approximate surface area is 200 Å². The van der Waals surface area contributed by atoms with Crippen LogP contribution >= 0.6 is 24.0 Å². The Morgan fingerprint density at radius 2 is 1.97 bits per heavy atom. The van der Waals surface area contributed by atoms with E-state index < -0.39 is 0 Å². The van der Waals surface area contributed by atoms with E-state index in [0.717, 1.165) is 42.1 Å². The van der Waals surface area contributed by atoms with Crippen molar-refractivity contribution in [2.45, 2.75) is 26.4 Å². The Bertz CT molecular complexity index is 873. The Morgan fingerprint density at radius 3 is 2.65 bits per heavy atom. The Hall–Kier alpha value is -2.07. The van der Waals surface area contributed by atoms with Gasteiger partial charge in [0.25, 0.3) is 0 Å². The van der Waals surface area contributed by atoms with E-state index in [1.807, 2.05) is 6.07 Å². The fourth-order valence-electron chi connectivity index (χ4n) is 3.27. The molecule has 0 spiro atoms. The highest BCUT2D eigenvalue weighted by molar-refractivity contribution is 14.0. The van der Waals surface area contributed by atoms with Gasteiger partial charge in [-0.1, -0.05) is 18.2 Å². The number of ether oxygens (including phenoxy) is 3. The van der Waals surface area contributed by atoms with Crippen LogP contribution in [0.15, 0.2) is 41.4 Å². The summed E-state index contributed by atoms with van der Waals surface area (Å²) in [6.45, 7) is 5.30. The number of hydrogen-bond donors (Lipinski definition) is 2. The van der Waals surface area contributed by atoms with Crippen LogP contribution in [0.4, 0.5) is 4.39 Å². The van der Waals surface area contributed by atoms with Gasteiger partial charge in [0.2, 0.25) is 0 Å². The molecule has 8 heteroatoms. The third-order valence-electron chi connectivity index (χ3n) is 5.07. The summed E-state index contributed by atoms with van der Waals surface area (Å²) >= 11 is 0. The average Bonchev–Trinajstić information content (AvgIpc) is 3.27. The lowest BCUT2D eigenvalue weighted by Crippen LogP contribution is -2.36. The molecule has 1 saturated heterocycles. The van der Waals surface area contributed by atoms with Crippen LogP contribution < -0.4 is 20.1 Å². The molecule has 1 fully saturated rings. The maximum absolute atomic E-state index is 13.9. The lowest BCUT2D eigenvalue weighted by atomic mass is 10.1. The molecule has 3 rings (SSSR count). The van der Waals surface area contributed by atoms with Gasteiger partial charge in [-0.05, 0) is 42.7 Å². The lowest BCUT2D eigenvalue weighted by Gasteiger charge is -2.17. The number of nitrogens with zero attached hydrogens (tertiary/aromatic N) is 1. The Balaban J connectivity index is 0.00000341. The number of methoxy groups -OCH3 is 1. The lowest BCUT2D eigenvalue weighted by molar-refractivity contribution is 0.166. The van der Waals surface area contributed by atoms with Crippen LogP contribution in [0.2, 0.25) is 0 Å². The summed E-state index contributed by atoms with van der Waals surface area (Å²) in [5.74, 6) is 1.81. The number of rotatable bonds is 8. The van der Waals surface area contributed by atoms with Gasteiger partial charge in [0.15, 0.2) is 17.5 Å². The molecule has 2 N–H and O–H groups in total. The summed E-state index contributed by atoms with van der Waals surface area (Å²) in [6.07, 6.45) is 1.04. The number of guanidine groups is 1. The molecule has 170 valence electrons. The van der Waals surface area contributed by atoms with Crippen LogP contribution in [0.3, 0.4) is 0 Å². The zero-order chi connectivity index (χ0) is 21.3. The second-order valence-electron chi connectivity index (χ2n) is 7.40. The zero-order valence-electron chi connectivity index (χ0n) is 18.2. The molecule has 31 heavy (non-hydrogen) atoms. The first-order valence-corrected chi connectivity index (χ1v) is 10.2. The van der Waals surface area contributed by atoms with Crippen LogP contribution in [0, 0.1) is 18.7 Å². The number of nitrogens with one attached hydrogen (secondary N) is 2. The van der Waals surface area contributed by atoms with Crippen LogP contribution in [0.25, 0.3) is 0 Å². The average molecular weight is 543 g/mol. The number of hydrogen-bond acceptors (Lipinski definition) is 4. The van der Waals surface area contributed by atoms with Crippen LogP contribution in [0.5, 0.6) is 11.5 Å². The van der Waals surface area contributed by atoms with Crippen molar-refractivity contribution in [3.63, 3.8) is 0 Å². The van der Waals surface area contributed by atoms with E-state index in [-0.39, 0.29) is 35.5 Å². The van der Waals surface area contributed by atoms with E-state index in [4.69, 9.17) is 14.2 Å². The molecule has 1 atom stereocenters. The topological polar surface area (TPSA) is 64.1 Å². The summed E-state index contributed by atoms with van der Waals surface area (Å²) in [4.78, 5) is 4.25. The largest absolute Gasteiger partial charge is 0.494 e. The van der Waals surface area contributed by atoms with Crippen molar-refractivity contribution in [2.24, 2.45) is 10.9 Å². The first-order valence-electron chi connectivity index (χ1n) is 10.2. The van der Waals surface area contributed by atoms with Gasteiger partial charge < -0.3 is 24.8 Å². The molecule has 2 aromatic rings. The highest BCUT2D eigenvalue weighted by atomic mass is 127. The molecule has 1 aliphatic rings. The predicted octanol–water partition coefficient (Wildman–Crippen LogP) is 4.04. The molecule has 0 aliphatic carbocycles. The fraction of sp³-hybridized carbons (Fsp3) is 0.435. The second kappa shape index (κ2) is 12.7. The van der Waals surface area contributed by atoms with Crippen molar-refractivity contribution in [3.8, 4) is 11.5 Å². The van der Waals surface area contributed by atoms with Gasteiger partial charge in [-0.2, -0.15) is 0 Å². The van der Waals surface area contributed by atoms with Crippen molar-refractivity contribution < 1.29 is 18.6 Å². The highest BCUT2D eigenvalue weighted by Gasteiger charge is 2.17. The molecule has 0 amide bonds. The Morgan fingerprint density at radius 1 is 1.16 bits per heavy atom. The summed E-state index contributed by atoms with van der Waals surface area (Å²) in [7, 11) is 3.16.